The van der Waals surface area contributed by atoms with Crippen molar-refractivity contribution >= 4 is 17.4 Å². The zero-order valence-electron chi connectivity index (χ0n) is 8.70. The fourth-order valence-corrected chi connectivity index (χ4v) is 1.64. The Morgan fingerprint density at radius 2 is 2.43 bits per heavy atom. The van der Waals surface area contributed by atoms with Crippen LogP contribution in [0.1, 0.15) is 16.8 Å². The van der Waals surface area contributed by atoms with Crippen molar-refractivity contribution in [3.63, 3.8) is 0 Å². The van der Waals surface area contributed by atoms with Gasteiger partial charge in [0, 0.05) is 24.7 Å². The van der Waals surface area contributed by atoms with Crippen molar-refractivity contribution in [2.75, 3.05) is 13.6 Å². The van der Waals surface area contributed by atoms with Gasteiger partial charge in [-0.1, -0.05) is 0 Å². The monoisotopic (exact) mass is 213 g/mol. The van der Waals surface area contributed by atoms with Crippen LogP contribution in [0.15, 0.2) is 6.20 Å². The lowest BCUT2D eigenvalue weighted by molar-refractivity contribution is 0.210. The Bertz CT molecular complexity index is 311. The summed E-state index contributed by atoms with van der Waals surface area (Å²) < 4.78 is 0. The molecule has 0 spiro atoms. The van der Waals surface area contributed by atoms with Crippen LogP contribution in [-0.2, 0) is 6.54 Å². The molecular weight excluding hydrogens is 198 g/mol. The van der Waals surface area contributed by atoms with Gasteiger partial charge in [0.25, 0.3) is 0 Å². The number of carbonyl (C=O) groups is 1. The summed E-state index contributed by atoms with van der Waals surface area (Å²) in [4.78, 5) is 18.3. The molecule has 0 unspecified atom stereocenters. The lowest BCUT2D eigenvalue weighted by atomic mass is 10.6. The molecule has 14 heavy (non-hydrogen) atoms. The summed E-state index contributed by atoms with van der Waals surface area (Å²) in [6.07, 6.45) is 1.82. The van der Waals surface area contributed by atoms with Gasteiger partial charge >= 0.3 is 6.03 Å². The third kappa shape index (κ3) is 2.99. The standard InChI is InChI=1S/C9H15N3OS/c1-4-12(3)9(13)11-6-8-10-5-7(2)14-8/h5H,4,6H2,1-3H3,(H,11,13). The van der Waals surface area contributed by atoms with E-state index >= 15 is 0 Å². The molecule has 0 saturated carbocycles. The molecule has 1 rings (SSSR count). The maximum Gasteiger partial charge on any atom is 0.317 e. The average molecular weight is 213 g/mol. The number of hydrogen-bond acceptors (Lipinski definition) is 3. The lowest BCUT2D eigenvalue weighted by Gasteiger charge is -2.14. The van der Waals surface area contributed by atoms with E-state index in [2.05, 4.69) is 10.3 Å². The van der Waals surface area contributed by atoms with Gasteiger partial charge < -0.3 is 10.2 Å². The molecule has 0 aliphatic carbocycles. The van der Waals surface area contributed by atoms with E-state index in [0.29, 0.717) is 13.1 Å². The number of rotatable bonds is 3. The largest absolute Gasteiger partial charge is 0.331 e. The fourth-order valence-electron chi connectivity index (χ4n) is 0.913. The number of urea groups is 1. The summed E-state index contributed by atoms with van der Waals surface area (Å²) >= 11 is 1.60. The number of hydrogen-bond donors (Lipinski definition) is 1. The molecule has 0 bridgehead atoms. The minimum Gasteiger partial charge on any atom is -0.331 e. The number of amides is 2. The van der Waals surface area contributed by atoms with Crippen molar-refractivity contribution in [3.8, 4) is 0 Å². The van der Waals surface area contributed by atoms with Crippen molar-refractivity contribution in [2.24, 2.45) is 0 Å². The molecule has 0 saturated heterocycles. The van der Waals surface area contributed by atoms with Crippen LogP contribution >= 0.6 is 11.3 Å². The molecule has 0 aliphatic heterocycles. The molecular formula is C9H15N3OS. The van der Waals surface area contributed by atoms with E-state index in [0.717, 1.165) is 9.88 Å². The molecule has 1 aromatic heterocycles. The van der Waals surface area contributed by atoms with Gasteiger partial charge in [-0.25, -0.2) is 9.78 Å². The Morgan fingerprint density at radius 1 is 1.71 bits per heavy atom. The van der Waals surface area contributed by atoms with Crippen molar-refractivity contribution in [3.05, 3.63) is 16.1 Å². The number of carbonyl (C=O) groups excluding carboxylic acids is 1. The number of thiazole rings is 1. The third-order valence-electron chi connectivity index (χ3n) is 1.88. The van der Waals surface area contributed by atoms with E-state index in [1.165, 1.54) is 0 Å². The smallest absolute Gasteiger partial charge is 0.317 e. The molecule has 0 fully saturated rings. The topological polar surface area (TPSA) is 45.2 Å². The first-order valence-corrected chi connectivity index (χ1v) is 5.35. The molecule has 0 atom stereocenters. The van der Waals surface area contributed by atoms with Gasteiger partial charge in [0.1, 0.15) is 5.01 Å². The molecule has 1 N–H and O–H groups in total. The van der Waals surface area contributed by atoms with E-state index in [4.69, 9.17) is 0 Å². The maximum atomic E-state index is 11.3. The second-order valence-electron chi connectivity index (χ2n) is 3.04. The molecule has 0 aliphatic rings. The van der Waals surface area contributed by atoms with Gasteiger partial charge in [0.2, 0.25) is 0 Å². The first-order valence-electron chi connectivity index (χ1n) is 4.53. The van der Waals surface area contributed by atoms with Crippen LogP contribution in [0, 0.1) is 6.92 Å². The Hall–Kier alpha value is -1.10. The van der Waals surface area contributed by atoms with Gasteiger partial charge in [-0.15, -0.1) is 11.3 Å². The predicted octanol–water partition coefficient (Wildman–Crippen LogP) is 1.61. The summed E-state index contributed by atoms with van der Waals surface area (Å²) in [6.45, 7) is 5.17. The fraction of sp³-hybridized carbons (Fsp3) is 0.556. The highest BCUT2D eigenvalue weighted by atomic mass is 32.1. The van der Waals surface area contributed by atoms with E-state index in [1.54, 1.807) is 23.3 Å². The zero-order valence-corrected chi connectivity index (χ0v) is 9.52. The number of nitrogens with zero attached hydrogens (tertiary/aromatic N) is 2. The lowest BCUT2D eigenvalue weighted by Crippen LogP contribution is -2.36. The molecule has 0 radical (unpaired) electrons. The van der Waals surface area contributed by atoms with Crippen LogP contribution in [0.3, 0.4) is 0 Å². The Morgan fingerprint density at radius 3 is 2.93 bits per heavy atom. The minimum absolute atomic E-state index is 0.0552. The third-order valence-corrected chi connectivity index (χ3v) is 2.79. The minimum atomic E-state index is -0.0552. The number of nitrogens with one attached hydrogen (secondary N) is 1. The second kappa shape index (κ2) is 4.95. The van der Waals surface area contributed by atoms with E-state index < -0.39 is 0 Å². The molecule has 0 aromatic carbocycles. The Labute approximate surface area is 88.0 Å². The maximum absolute atomic E-state index is 11.3. The molecule has 1 aromatic rings. The molecule has 78 valence electrons. The summed E-state index contributed by atoms with van der Waals surface area (Å²) in [5.41, 5.74) is 0. The van der Waals surface area contributed by atoms with E-state index in [-0.39, 0.29) is 6.03 Å². The van der Waals surface area contributed by atoms with Gasteiger partial charge in [-0.05, 0) is 13.8 Å². The highest BCUT2D eigenvalue weighted by molar-refractivity contribution is 7.11. The SMILES string of the molecule is CCN(C)C(=O)NCc1ncc(C)s1. The molecule has 4 nitrogen and oxygen atoms in total. The normalized spacial score (nSPS) is 9.93. The van der Waals surface area contributed by atoms with Gasteiger partial charge in [-0.3, -0.25) is 0 Å². The highest BCUT2D eigenvalue weighted by Gasteiger charge is 2.06. The number of aryl methyl sites for hydroxylation is 1. The first-order chi connectivity index (χ1) is 6.63. The van der Waals surface area contributed by atoms with Crippen LogP contribution in [0.4, 0.5) is 4.79 Å². The van der Waals surface area contributed by atoms with Gasteiger partial charge in [0.05, 0.1) is 6.54 Å². The van der Waals surface area contributed by atoms with Crippen molar-refractivity contribution in [1.29, 1.82) is 0 Å². The number of aromatic nitrogens is 1. The van der Waals surface area contributed by atoms with E-state index in [1.807, 2.05) is 20.0 Å². The second-order valence-corrected chi connectivity index (χ2v) is 4.36. The molecule has 5 heteroatoms. The summed E-state index contributed by atoms with van der Waals surface area (Å²) in [5.74, 6) is 0. The summed E-state index contributed by atoms with van der Waals surface area (Å²) in [5, 5.41) is 3.74. The molecule has 2 amide bonds. The van der Waals surface area contributed by atoms with Gasteiger partial charge in [0.15, 0.2) is 0 Å². The van der Waals surface area contributed by atoms with Crippen LogP contribution in [0.5, 0.6) is 0 Å². The average Bonchev–Trinajstić information content (AvgIpc) is 2.59. The highest BCUT2D eigenvalue weighted by Crippen LogP contribution is 2.10. The van der Waals surface area contributed by atoms with Gasteiger partial charge in [-0.2, -0.15) is 0 Å². The van der Waals surface area contributed by atoms with Crippen molar-refractivity contribution in [2.45, 2.75) is 20.4 Å². The van der Waals surface area contributed by atoms with Crippen LogP contribution in [0.25, 0.3) is 0 Å². The Balaban J connectivity index is 2.37. The van der Waals surface area contributed by atoms with Crippen molar-refractivity contribution in [1.82, 2.24) is 15.2 Å². The van der Waals surface area contributed by atoms with Crippen LogP contribution in [-0.4, -0.2) is 29.5 Å². The summed E-state index contributed by atoms with van der Waals surface area (Å²) in [6, 6.07) is -0.0552. The van der Waals surface area contributed by atoms with Crippen LogP contribution < -0.4 is 5.32 Å². The molecule has 1 heterocycles. The quantitative estimate of drug-likeness (QED) is 0.829. The summed E-state index contributed by atoms with van der Waals surface area (Å²) in [7, 11) is 1.77. The first kappa shape index (κ1) is 11.0. The predicted molar refractivity (Wildman–Crippen MR) is 57.4 cm³/mol. The van der Waals surface area contributed by atoms with E-state index in [9.17, 15) is 4.79 Å². The van der Waals surface area contributed by atoms with Crippen molar-refractivity contribution < 1.29 is 4.79 Å². The zero-order chi connectivity index (χ0) is 10.6. The van der Waals surface area contributed by atoms with Crippen LogP contribution in [0.2, 0.25) is 0 Å². The Kier molecular flexibility index (Phi) is 3.88.